The highest BCUT2D eigenvalue weighted by Crippen LogP contribution is 2.66. The summed E-state index contributed by atoms with van der Waals surface area (Å²) in [5.41, 5.74) is 5.94. The van der Waals surface area contributed by atoms with Crippen LogP contribution >= 0.6 is 11.8 Å². The Kier molecular flexibility index (Phi) is 4.70. The summed E-state index contributed by atoms with van der Waals surface area (Å²) in [6.07, 6.45) is 3.07. The van der Waals surface area contributed by atoms with E-state index >= 15 is 0 Å². The van der Waals surface area contributed by atoms with Gasteiger partial charge in [-0.3, -0.25) is 0 Å². The monoisotopic (exact) mass is 455 g/mol. The van der Waals surface area contributed by atoms with Crippen LogP contribution in [0.1, 0.15) is 17.5 Å². The molecule has 0 bridgehead atoms. The van der Waals surface area contributed by atoms with Crippen LogP contribution in [0.2, 0.25) is 0 Å². The number of halogens is 3. The van der Waals surface area contributed by atoms with E-state index < -0.39 is 35.4 Å². The highest BCUT2D eigenvalue weighted by atomic mass is 32.2. The van der Waals surface area contributed by atoms with Crippen LogP contribution in [0.15, 0.2) is 41.8 Å². The number of nitrogens with two attached hydrogens (primary N) is 1. The second-order valence-electron chi connectivity index (χ2n) is 7.81. The second kappa shape index (κ2) is 7.34. The zero-order valence-corrected chi connectivity index (χ0v) is 17.3. The Morgan fingerprint density at radius 3 is 2.81 bits per heavy atom. The smallest absolute Gasteiger partial charge is 0.160 e. The Bertz CT molecular complexity index is 1310. The lowest BCUT2D eigenvalue weighted by molar-refractivity contribution is 0.257. The van der Waals surface area contributed by atoms with Crippen LogP contribution < -0.4 is 11.1 Å². The number of benzene rings is 1. The Morgan fingerprint density at radius 1 is 1.22 bits per heavy atom. The molecule has 1 aliphatic heterocycles. The van der Waals surface area contributed by atoms with Crippen LogP contribution in [0.4, 0.5) is 24.7 Å². The molecule has 2 aromatic heterocycles. The van der Waals surface area contributed by atoms with Crippen molar-refractivity contribution in [2.24, 2.45) is 16.6 Å². The standard InChI is InChI=1S/C21H16F3N7S/c22-8-20-5-16(20)21(9-23,31-19(26)32-20)13-4-12(1-2-14(13)24)30-18-17-15(28-10-29-18)3-11(6-25)7-27-17/h1-4,7,10,16H,5,8-9H2,(H2,26,31)(H,28,29,30)/t16-,20-,21-/m1/s1. The van der Waals surface area contributed by atoms with Crippen molar-refractivity contribution < 1.29 is 13.2 Å². The summed E-state index contributed by atoms with van der Waals surface area (Å²) in [7, 11) is 0. The fourth-order valence-corrected chi connectivity index (χ4v) is 5.56. The number of pyridine rings is 1. The maximum absolute atomic E-state index is 14.9. The van der Waals surface area contributed by atoms with Gasteiger partial charge < -0.3 is 11.1 Å². The molecule has 2 aliphatic rings. The maximum atomic E-state index is 14.9. The van der Waals surface area contributed by atoms with Gasteiger partial charge in [0.05, 0.1) is 15.8 Å². The van der Waals surface area contributed by atoms with Gasteiger partial charge in [0.2, 0.25) is 0 Å². The molecule has 32 heavy (non-hydrogen) atoms. The first-order chi connectivity index (χ1) is 15.4. The van der Waals surface area contributed by atoms with E-state index in [9.17, 15) is 13.2 Å². The Morgan fingerprint density at radius 2 is 2.06 bits per heavy atom. The van der Waals surface area contributed by atoms with E-state index in [1.165, 1.54) is 30.7 Å². The number of fused-ring (bicyclic) bond motifs is 2. The molecule has 3 aromatic rings. The molecule has 1 fully saturated rings. The molecule has 0 unspecified atom stereocenters. The SMILES string of the molecule is N#Cc1cnc2c(Nc3ccc(F)c([C@@]4(CF)N=C(N)S[C@@]5(CF)C[C@H]54)c3)ncnc2c1. The summed E-state index contributed by atoms with van der Waals surface area (Å²) < 4.78 is 42.3. The number of nitrogens with one attached hydrogen (secondary N) is 1. The lowest BCUT2D eigenvalue weighted by Crippen LogP contribution is -2.40. The van der Waals surface area contributed by atoms with Crippen LogP contribution in [-0.4, -0.2) is 38.2 Å². The molecule has 1 saturated carbocycles. The van der Waals surface area contributed by atoms with E-state index in [0.29, 0.717) is 34.5 Å². The van der Waals surface area contributed by atoms with Gasteiger partial charge in [-0.1, -0.05) is 11.8 Å². The Hall–Kier alpha value is -3.39. The number of aromatic nitrogens is 3. The summed E-state index contributed by atoms with van der Waals surface area (Å²) in [4.78, 5) is 16.8. The average molecular weight is 455 g/mol. The Balaban J connectivity index is 1.57. The number of thioether (sulfide) groups is 1. The number of hydrogen-bond donors (Lipinski definition) is 2. The lowest BCUT2D eigenvalue weighted by atomic mass is 9.84. The largest absolute Gasteiger partial charge is 0.378 e. The highest BCUT2D eigenvalue weighted by Gasteiger charge is 2.68. The van der Waals surface area contributed by atoms with Gasteiger partial charge in [-0.05, 0) is 30.7 Å². The number of rotatable bonds is 5. The van der Waals surface area contributed by atoms with E-state index in [1.807, 2.05) is 6.07 Å². The predicted molar refractivity (Wildman–Crippen MR) is 115 cm³/mol. The first-order valence-corrected chi connectivity index (χ1v) is 10.5. The lowest BCUT2D eigenvalue weighted by Gasteiger charge is -2.34. The normalized spacial score (nSPS) is 26.2. The van der Waals surface area contributed by atoms with Crippen molar-refractivity contribution >= 4 is 39.5 Å². The first kappa shape index (κ1) is 20.5. The first-order valence-electron chi connectivity index (χ1n) is 9.69. The van der Waals surface area contributed by atoms with Crippen molar-refractivity contribution in [2.75, 3.05) is 18.7 Å². The van der Waals surface area contributed by atoms with Gasteiger partial charge >= 0.3 is 0 Å². The van der Waals surface area contributed by atoms with Crippen molar-refractivity contribution in [1.82, 2.24) is 15.0 Å². The highest BCUT2D eigenvalue weighted by molar-refractivity contribution is 8.15. The molecule has 11 heteroatoms. The summed E-state index contributed by atoms with van der Waals surface area (Å²) >= 11 is 1.09. The van der Waals surface area contributed by atoms with Crippen LogP contribution in [0.25, 0.3) is 11.0 Å². The minimum Gasteiger partial charge on any atom is -0.378 e. The van der Waals surface area contributed by atoms with Gasteiger partial charge in [0.25, 0.3) is 0 Å². The number of anilines is 2. The molecule has 1 aliphatic carbocycles. The molecule has 162 valence electrons. The Labute approximate surface area is 185 Å². The minimum atomic E-state index is -1.59. The van der Waals surface area contributed by atoms with Gasteiger partial charge in [0.15, 0.2) is 11.0 Å². The molecular weight excluding hydrogens is 439 g/mol. The summed E-state index contributed by atoms with van der Waals surface area (Å²) in [6.45, 7) is -1.70. The molecule has 3 atom stereocenters. The van der Waals surface area contributed by atoms with Crippen LogP contribution in [0.3, 0.4) is 0 Å². The molecule has 3 heterocycles. The van der Waals surface area contributed by atoms with Crippen LogP contribution in [0, 0.1) is 23.1 Å². The van der Waals surface area contributed by atoms with Crippen molar-refractivity contribution in [1.29, 1.82) is 5.26 Å². The third-order valence-electron chi connectivity index (χ3n) is 5.95. The quantitative estimate of drug-likeness (QED) is 0.603. The molecule has 0 saturated heterocycles. The number of hydrogen-bond acceptors (Lipinski definition) is 8. The average Bonchev–Trinajstić information content (AvgIpc) is 3.55. The summed E-state index contributed by atoms with van der Waals surface area (Å²) in [6, 6.07) is 7.69. The zero-order chi connectivity index (χ0) is 22.5. The molecule has 5 rings (SSSR count). The topological polar surface area (TPSA) is 113 Å². The predicted octanol–water partition coefficient (Wildman–Crippen LogP) is 3.73. The molecule has 7 nitrogen and oxygen atoms in total. The maximum Gasteiger partial charge on any atom is 0.160 e. The van der Waals surface area contributed by atoms with Gasteiger partial charge in [0.1, 0.15) is 42.6 Å². The van der Waals surface area contributed by atoms with E-state index in [1.54, 1.807) is 6.07 Å². The molecule has 1 aromatic carbocycles. The van der Waals surface area contributed by atoms with Crippen molar-refractivity contribution in [2.45, 2.75) is 16.7 Å². The molecule has 0 radical (unpaired) electrons. The molecule has 0 amide bonds. The van der Waals surface area contributed by atoms with Gasteiger partial charge in [-0.15, -0.1) is 0 Å². The van der Waals surface area contributed by atoms with E-state index in [2.05, 4.69) is 25.3 Å². The number of nitrogens with zero attached hydrogens (tertiary/aromatic N) is 5. The fourth-order valence-electron chi connectivity index (χ4n) is 4.30. The van der Waals surface area contributed by atoms with Gasteiger partial charge in [-0.25, -0.2) is 33.1 Å². The number of alkyl halides is 2. The third kappa shape index (κ3) is 3.05. The van der Waals surface area contributed by atoms with Crippen LogP contribution in [-0.2, 0) is 5.54 Å². The summed E-state index contributed by atoms with van der Waals surface area (Å²) in [5, 5.41) is 12.1. The molecule has 3 N–H and O–H groups in total. The van der Waals surface area contributed by atoms with E-state index in [-0.39, 0.29) is 10.7 Å². The van der Waals surface area contributed by atoms with Crippen molar-refractivity contribution in [3.8, 4) is 6.07 Å². The van der Waals surface area contributed by atoms with E-state index in [0.717, 1.165) is 11.8 Å². The third-order valence-corrected chi connectivity index (χ3v) is 7.22. The molecule has 0 spiro atoms. The molecular formula is C21H16F3N7S. The van der Waals surface area contributed by atoms with Crippen molar-refractivity contribution in [3.05, 3.63) is 53.7 Å². The number of nitriles is 1. The minimum absolute atomic E-state index is 0.00617. The van der Waals surface area contributed by atoms with Gasteiger partial charge in [-0.2, -0.15) is 5.26 Å². The number of aliphatic imine (C=N–C) groups is 1. The zero-order valence-electron chi connectivity index (χ0n) is 16.5. The van der Waals surface area contributed by atoms with Crippen molar-refractivity contribution in [3.63, 3.8) is 0 Å². The number of amidine groups is 1. The van der Waals surface area contributed by atoms with Gasteiger partial charge in [0, 0.05) is 23.4 Å². The van der Waals surface area contributed by atoms with Crippen LogP contribution in [0.5, 0.6) is 0 Å². The fraction of sp³-hybridized carbons (Fsp3) is 0.286. The van der Waals surface area contributed by atoms with E-state index in [4.69, 9.17) is 11.0 Å². The second-order valence-corrected chi connectivity index (χ2v) is 9.25. The summed E-state index contributed by atoms with van der Waals surface area (Å²) in [5.74, 6) is -0.822.